The van der Waals surface area contributed by atoms with Gasteiger partial charge in [0.05, 0.1) is 10.7 Å². The molecule has 0 aromatic heterocycles. The summed E-state index contributed by atoms with van der Waals surface area (Å²) >= 11 is 6.16. The highest BCUT2D eigenvalue weighted by Crippen LogP contribution is 2.29. The van der Waals surface area contributed by atoms with Gasteiger partial charge in [-0.15, -0.1) is 0 Å². The van der Waals surface area contributed by atoms with Crippen molar-refractivity contribution in [3.05, 3.63) is 28.8 Å². The fourth-order valence-electron chi connectivity index (χ4n) is 2.66. The fourth-order valence-corrected chi connectivity index (χ4v) is 2.82. The summed E-state index contributed by atoms with van der Waals surface area (Å²) in [5.41, 5.74) is 0.111. The molecule has 1 saturated heterocycles. The van der Waals surface area contributed by atoms with E-state index in [0.717, 1.165) is 6.42 Å². The summed E-state index contributed by atoms with van der Waals surface area (Å²) in [6.07, 6.45) is 1.53. The average molecular weight is 339 g/mol. The highest BCUT2D eigenvalue weighted by atomic mass is 35.5. The zero-order valence-corrected chi connectivity index (χ0v) is 14.6. The Morgan fingerprint density at radius 1 is 1.35 bits per heavy atom. The van der Waals surface area contributed by atoms with E-state index in [-0.39, 0.29) is 11.8 Å². The number of ether oxygens (including phenoxy) is 1. The molecular formula is C17H23ClN2O3. The highest BCUT2D eigenvalue weighted by Gasteiger charge is 2.38. The van der Waals surface area contributed by atoms with Gasteiger partial charge in [0.25, 0.3) is 11.8 Å². The van der Waals surface area contributed by atoms with Crippen LogP contribution >= 0.6 is 11.6 Å². The van der Waals surface area contributed by atoms with Gasteiger partial charge < -0.3 is 15.0 Å². The number of carbonyl (C=O) groups is 2. The third-order valence-electron chi connectivity index (χ3n) is 4.21. The molecule has 2 rings (SSSR count). The summed E-state index contributed by atoms with van der Waals surface area (Å²) < 4.78 is 5.53. The molecular weight excluding hydrogens is 316 g/mol. The lowest BCUT2D eigenvalue weighted by Gasteiger charge is -2.23. The van der Waals surface area contributed by atoms with Gasteiger partial charge in [-0.05, 0) is 51.8 Å². The van der Waals surface area contributed by atoms with Crippen LogP contribution < -0.4 is 5.32 Å². The van der Waals surface area contributed by atoms with Gasteiger partial charge in [0, 0.05) is 25.3 Å². The maximum Gasteiger partial charge on any atom is 0.256 e. The van der Waals surface area contributed by atoms with Crippen LogP contribution in [-0.2, 0) is 9.53 Å². The Morgan fingerprint density at radius 3 is 2.61 bits per heavy atom. The van der Waals surface area contributed by atoms with E-state index < -0.39 is 5.60 Å². The van der Waals surface area contributed by atoms with Crippen molar-refractivity contribution >= 4 is 29.1 Å². The number of amides is 2. The highest BCUT2D eigenvalue weighted by molar-refractivity contribution is 6.34. The van der Waals surface area contributed by atoms with Crippen LogP contribution in [0.25, 0.3) is 0 Å². The van der Waals surface area contributed by atoms with E-state index in [4.69, 9.17) is 16.3 Å². The summed E-state index contributed by atoms with van der Waals surface area (Å²) in [7, 11) is 0. The SMILES string of the molecule is CCN(CC)C(=O)c1ccc(Cl)c(NC(=O)C2(C)CCCO2)c1. The smallest absolute Gasteiger partial charge is 0.256 e. The first-order valence-electron chi connectivity index (χ1n) is 7.95. The maximum absolute atomic E-state index is 12.4. The summed E-state index contributed by atoms with van der Waals surface area (Å²) in [4.78, 5) is 26.6. The Labute approximate surface area is 141 Å². The molecule has 1 atom stereocenters. The van der Waals surface area contributed by atoms with Crippen molar-refractivity contribution in [1.82, 2.24) is 4.90 Å². The van der Waals surface area contributed by atoms with Crippen LogP contribution in [0.1, 0.15) is 44.0 Å². The van der Waals surface area contributed by atoms with Gasteiger partial charge in [-0.1, -0.05) is 11.6 Å². The number of benzene rings is 1. The molecule has 1 aromatic carbocycles. The molecule has 1 aliphatic heterocycles. The molecule has 1 N–H and O–H groups in total. The summed E-state index contributed by atoms with van der Waals surface area (Å²) in [6.45, 7) is 7.47. The molecule has 1 heterocycles. The van der Waals surface area contributed by atoms with Gasteiger partial charge in [-0.3, -0.25) is 9.59 Å². The van der Waals surface area contributed by atoms with Crippen molar-refractivity contribution in [1.29, 1.82) is 0 Å². The predicted octanol–water partition coefficient (Wildman–Crippen LogP) is 3.33. The van der Waals surface area contributed by atoms with Gasteiger partial charge in [-0.25, -0.2) is 0 Å². The number of nitrogens with one attached hydrogen (secondary N) is 1. The minimum atomic E-state index is -0.831. The quantitative estimate of drug-likeness (QED) is 0.895. The molecule has 2 amide bonds. The van der Waals surface area contributed by atoms with Gasteiger partial charge >= 0.3 is 0 Å². The van der Waals surface area contributed by atoms with E-state index in [9.17, 15) is 9.59 Å². The monoisotopic (exact) mass is 338 g/mol. The molecule has 1 aromatic rings. The van der Waals surface area contributed by atoms with Crippen LogP contribution in [-0.4, -0.2) is 42.0 Å². The molecule has 0 spiro atoms. The molecule has 1 aliphatic rings. The zero-order chi connectivity index (χ0) is 17.0. The second-order valence-electron chi connectivity index (χ2n) is 5.81. The molecule has 0 saturated carbocycles. The number of nitrogens with zero attached hydrogens (tertiary/aromatic N) is 1. The molecule has 1 fully saturated rings. The standard InChI is InChI=1S/C17H23ClN2O3/c1-4-20(5-2)15(21)12-7-8-13(18)14(11-12)19-16(22)17(3)9-6-10-23-17/h7-8,11H,4-6,9-10H2,1-3H3,(H,19,22). The second-order valence-corrected chi connectivity index (χ2v) is 6.22. The minimum Gasteiger partial charge on any atom is -0.365 e. The number of hydrogen-bond acceptors (Lipinski definition) is 3. The van der Waals surface area contributed by atoms with Crippen LogP contribution in [0.3, 0.4) is 0 Å². The predicted molar refractivity (Wildman–Crippen MR) is 90.9 cm³/mol. The van der Waals surface area contributed by atoms with Crippen molar-refractivity contribution in [2.24, 2.45) is 0 Å². The molecule has 5 nitrogen and oxygen atoms in total. The van der Waals surface area contributed by atoms with Crippen molar-refractivity contribution in [3.8, 4) is 0 Å². The molecule has 6 heteroatoms. The Hall–Kier alpha value is -1.59. The lowest BCUT2D eigenvalue weighted by atomic mass is 10.0. The molecule has 0 radical (unpaired) electrons. The number of carbonyl (C=O) groups excluding carboxylic acids is 2. The molecule has 0 bridgehead atoms. The van der Waals surface area contributed by atoms with E-state index in [0.29, 0.717) is 42.4 Å². The van der Waals surface area contributed by atoms with Crippen molar-refractivity contribution < 1.29 is 14.3 Å². The number of rotatable bonds is 5. The third kappa shape index (κ3) is 3.85. The first kappa shape index (κ1) is 17.8. The first-order chi connectivity index (χ1) is 10.9. The zero-order valence-electron chi connectivity index (χ0n) is 13.8. The van der Waals surface area contributed by atoms with Crippen molar-refractivity contribution in [3.63, 3.8) is 0 Å². The van der Waals surface area contributed by atoms with Gasteiger partial charge in [0.15, 0.2) is 0 Å². The van der Waals surface area contributed by atoms with Crippen LogP contribution in [0.2, 0.25) is 5.02 Å². The van der Waals surface area contributed by atoms with Crippen LogP contribution in [0.4, 0.5) is 5.69 Å². The number of anilines is 1. The van der Waals surface area contributed by atoms with Gasteiger partial charge in [0.1, 0.15) is 5.60 Å². The van der Waals surface area contributed by atoms with E-state index in [1.807, 2.05) is 13.8 Å². The summed E-state index contributed by atoms with van der Waals surface area (Å²) in [5.74, 6) is -0.310. The van der Waals surface area contributed by atoms with E-state index in [2.05, 4.69) is 5.32 Å². The lowest BCUT2D eigenvalue weighted by Crippen LogP contribution is -2.39. The Morgan fingerprint density at radius 2 is 2.04 bits per heavy atom. The fraction of sp³-hybridized carbons (Fsp3) is 0.529. The van der Waals surface area contributed by atoms with Gasteiger partial charge in [0.2, 0.25) is 0 Å². The van der Waals surface area contributed by atoms with Crippen LogP contribution in [0.5, 0.6) is 0 Å². The van der Waals surface area contributed by atoms with Crippen molar-refractivity contribution in [2.45, 2.75) is 39.2 Å². The summed E-state index contributed by atoms with van der Waals surface area (Å²) in [5, 5.41) is 3.20. The molecule has 0 aliphatic carbocycles. The third-order valence-corrected chi connectivity index (χ3v) is 4.54. The molecule has 23 heavy (non-hydrogen) atoms. The average Bonchev–Trinajstić information content (AvgIpc) is 2.98. The van der Waals surface area contributed by atoms with Crippen LogP contribution in [0, 0.1) is 0 Å². The Bertz CT molecular complexity index is 594. The maximum atomic E-state index is 12.4. The van der Waals surface area contributed by atoms with E-state index in [1.165, 1.54) is 0 Å². The topological polar surface area (TPSA) is 58.6 Å². The van der Waals surface area contributed by atoms with Crippen molar-refractivity contribution in [2.75, 3.05) is 25.0 Å². The first-order valence-corrected chi connectivity index (χ1v) is 8.33. The second kappa shape index (κ2) is 7.32. The minimum absolute atomic E-state index is 0.0782. The van der Waals surface area contributed by atoms with E-state index >= 15 is 0 Å². The number of halogens is 1. The summed E-state index contributed by atoms with van der Waals surface area (Å²) in [6, 6.07) is 4.93. The van der Waals surface area contributed by atoms with Gasteiger partial charge in [-0.2, -0.15) is 0 Å². The van der Waals surface area contributed by atoms with E-state index in [1.54, 1.807) is 30.0 Å². The lowest BCUT2D eigenvalue weighted by molar-refractivity contribution is -0.133. The largest absolute Gasteiger partial charge is 0.365 e. The molecule has 126 valence electrons. The Balaban J connectivity index is 2.20. The number of hydrogen-bond donors (Lipinski definition) is 1. The Kier molecular flexibility index (Phi) is 5.65. The molecule has 1 unspecified atom stereocenters. The van der Waals surface area contributed by atoms with Crippen LogP contribution in [0.15, 0.2) is 18.2 Å². The normalized spacial score (nSPS) is 20.3.